The van der Waals surface area contributed by atoms with Crippen molar-refractivity contribution >= 4 is 41.5 Å². The summed E-state index contributed by atoms with van der Waals surface area (Å²) in [5.74, 6) is 0.969. The summed E-state index contributed by atoms with van der Waals surface area (Å²) < 4.78 is 0. The largest absolute Gasteiger partial charge is 0.338 e. The molecule has 2 atom stereocenters. The number of amides is 2. The zero-order valence-corrected chi connectivity index (χ0v) is 17.0. The fourth-order valence-electron chi connectivity index (χ4n) is 3.65. The molecule has 5 nitrogen and oxygen atoms in total. The monoisotopic (exact) mass is 399 g/mol. The Kier molecular flexibility index (Phi) is 6.59. The van der Waals surface area contributed by atoms with Crippen molar-refractivity contribution in [2.24, 2.45) is 17.3 Å². The number of likely N-dealkylation sites (tertiary alicyclic amines) is 1. The van der Waals surface area contributed by atoms with E-state index in [1.165, 1.54) is 0 Å². The van der Waals surface area contributed by atoms with Crippen LogP contribution in [0.4, 0.5) is 5.69 Å². The first-order valence-corrected chi connectivity index (χ1v) is 9.20. The number of nitrogens with zero attached hydrogens (tertiary/aromatic N) is 1. The molecule has 144 valence electrons. The Morgan fingerprint density at radius 2 is 1.85 bits per heavy atom. The number of carbonyl (C=O) groups is 2. The van der Waals surface area contributed by atoms with E-state index in [0.717, 1.165) is 26.2 Å². The lowest BCUT2D eigenvalue weighted by Gasteiger charge is -2.20. The molecule has 2 amide bonds. The maximum absolute atomic E-state index is 12.9. The van der Waals surface area contributed by atoms with E-state index in [9.17, 15) is 9.59 Å². The van der Waals surface area contributed by atoms with E-state index in [4.69, 9.17) is 11.6 Å². The summed E-state index contributed by atoms with van der Waals surface area (Å²) in [5, 5.41) is 6.67. The molecule has 1 aromatic rings. The number of rotatable bonds is 3. The van der Waals surface area contributed by atoms with Gasteiger partial charge in [-0.15, -0.1) is 12.4 Å². The normalized spacial score (nSPS) is 21.9. The molecule has 7 heteroatoms. The number of benzene rings is 1. The Morgan fingerprint density at radius 1 is 1.23 bits per heavy atom. The zero-order chi connectivity index (χ0) is 18.2. The molecule has 0 spiro atoms. The van der Waals surface area contributed by atoms with Crippen LogP contribution in [0.5, 0.6) is 0 Å². The van der Waals surface area contributed by atoms with Crippen LogP contribution in [-0.4, -0.2) is 42.9 Å². The molecule has 0 saturated carbocycles. The third-order valence-electron chi connectivity index (χ3n) is 4.85. The molecule has 0 radical (unpaired) electrons. The molecule has 2 heterocycles. The van der Waals surface area contributed by atoms with Gasteiger partial charge in [0.2, 0.25) is 5.91 Å². The fraction of sp³-hybridized carbons (Fsp3) is 0.579. The highest BCUT2D eigenvalue weighted by Crippen LogP contribution is 2.30. The Morgan fingerprint density at radius 3 is 2.42 bits per heavy atom. The highest BCUT2D eigenvalue weighted by molar-refractivity contribution is 6.34. The minimum atomic E-state index is -0.0868. The quantitative estimate of drug-likeness (QED) is 0.817. The van der Waals surface area contributed by atoms with Crippen LogP contribution in [0.1, 0.15) is 37.6 Å². The number of anilines is 1. The van der Waals surface area contributed by atoms with Gasteiger partial charge < -0.3 is 15.5 Å². The number of fused-ring (bicyclic) bond motifs is 1. The van der Waals surface area contributed by atoms with Crippen molar-refractivity contribution in [1.29, 1.82) is 0 Å². The van der Waals surface area contributed by atoms with Gasteiger partial charge in [-0.3, -0.25) is 9.59 Å². The lowest BCUT2D eigenvalue weighted by molar-refractivity contribution is -0.117. The topological polar surface area (TPSA) is 61.4 Å². The lowest BCUT2D eigenvalue weighted by Crippen LogP contribution is -2.32. The average Bonchev–Trinajstić information content (AvgIpc) is 3.07. The molecule has 2 aliphatic heterocycles. The number of carbonyl (C=O) groups excluding carboxylic acids is 2. The number of hydrogen-bond donors (Lipinski definition) is 2. The molecule has 2 fully saturated rings. The standard InChI is InChI=1S/C19H26ClN3O2.ClH/c1-19(2,3)7-17(24)22-14-4-5-16(20)15(6-14)18(25)23-10-12-8-21-9-13(12)11-23;/h4-6,12-13,21H,7-11H2,1-3H3,(H,22,24);1H/t12-,13+;. The minimum Gasteiger partial charge on any atom is -0.338 e. The SMILES string of the molecule is CC(C)(C)CC(=O)Nc1ccc(Cl)c(C(=O)N2C[C@H]3CNC[C@H]3C2)c1.Cl. The van der Waals surface area contributed by atoms with Crippen LogP contribution in [0.3, 0.4) is 0 Å². The molecule has 2 saturated heterocycles. The van der Waals surface area contributed by atoms with Gasteiger partial charge in [-0.1, -0.05) is 32.4 Å². The Hall–Kier alpha value is -1.30. The molecule has 3 rings (SSSR count). The van der Waals surface area contributed by atoms with Gasteiger partial charge in [0.15, 0.2) is 0 Å². The Labute approximate surface area is 166 Å². The molecule has 0 bridgehead atoms. The first kappa shape index (κ1) is 21.0. The van der Waals surface area contributed by atoms with Gasteiger partial charge >= 0.3 is 0 Å². The average molecular weight is 400 g/mol. The second-order valence-electron chi connectivity index (χ2n) is 8.37. The van der Waals surface area contributed by atoms with E-state index >= 15 is 0 Å². The number of nitrogens with one attached hydrogen (secondary N) is 2. The summed E-state index contributed by atoms with van der Waals surface area (Å²) in [6, 6.07) is 5.11. The van der Waals surface area contributed by atoms with Crippen LogP contribution in [0.25, 0.3) is 0 Å². The van der Waals surface area contributed by atoms with Crippen molar-refractivity contribution in [3.05, 3.63) is 28.8 Å². The maximum atomic E-state index is 12.9. The summed E-state index contributed by atoms with van der Waals surface area (Å²) in [7, 11) is 0. The lowest BCUT2D eigenvalue weighted by atomic mass is 9.92. The van der Waals surface area contributed by atoms with E-state index in [1.807, 2.05) is 25.7 Å². The summed E-state index contributed by atoms with van der Waals surface area (Å²) in [4.78, 5) is 26.9. The summed E-state index contributed by atoms with van der Waals surface area (Å²) >= 11 is 6.26. The van der Waals surface area contributed by atoms with Crippen molar-refractivity contribution in [2.75, 3.05) is 31.5 Å². The second kappa shape index (κ2) is 8.15. The van der Waals surface area contributed by atoms with Crippen LogP contribution in [-0.2, 0) is 4.79 Å². The highest BCUT2D eigenvalue weighted by atomic mass is 35.5. The predicted molar refractivity (Wildman–Crippen MR) is 107 cm³/mol. The van der Waals surface area contributed by atoms with Crippen LogP contribution in [0.2, 0.25) is 5.02 Å². The predicted octanol–water partition coefficient (Wildman–Crippen LogP) is 3.43. The van der Waals surface area contributed by atoms with E-state index in [2.05, 4.69) is 10.6 Å². The van der Waals surface area contributed by atoms with Gasteiger partial charge in [0.1, 0.15) is 0 Å². The molecule has 0 aromatic heterocycles. The third kappa shape index (κ3) is 4.90. The Balaban J connectivity index is 0.00000243. The minimum absolute atomic E-state index is 0. The van der Waals surface area contributed by atoms with E-state index in [1.54, 1.807) is 18.2 Å². The van der Waals surface area contributed by atoms with Crippen molar-refractivity contribution < 1.29 is 9.59 Å². The van der Waals surface area contributed by atoms with Gasteiger partial charge in [-0.2, -0.15) is 0 Å². The van der Waals surface area contributed by atoms with E-state index in [0.29, 0.717) is 34.5 Å². The van der Waals surface area contributed by atoms with Gasteiger partial charge in [0.05, 0.1) is 10.6 Å². The molecule has 26 heavy (non-hydrogen) atoms. The van der Waals surface area contributed by atoms with Gasteiger partial charge in [0, 0.05) is 38.3 Å². The first-order chi connectivity index (χ1) is 11.7. The molecule has 2 N–H and O–H groups in total. The molecule has 0 unspecified atom stereocenters. The molecule has 0 aliphatic carbocycles. The van der Waals surface area contributed by atoms with Gasteiger partial charge in [0.25, 0.3) is 5.91 Å². The van der Waals surface area contributed by atoms with Gasteiger partial charge in [-0.05, 0) is 35.4 Å². The summed E-state index contributed by atoms with van der Waals surface area (Å²) in [5.41, 5.74) is 0.988. The number of hydrogen-bond acceptors (Lipinski definition) is 3. The maximum Gasteiger partial charge on any atom is 0.255 e. The van der Waals surface area contributed by atoms with Crippen molar-refractivity contribution in [3.63, 3.8) is 0 Å². The molecule has 2 aliphatic rings. The van der Waals surface area contributed by atoms with Crippen LogP contribution in [0.15, 0.2) is 18.2 Å². The first-order valence-electron chi connectivity index (χ1n) is 8.82. The number of halogens is 2. The van der Waals surface area contributed by atoms with E-state index < -0.39 is 0 Å². The molecular weight excluding hydrogens is 373 g/mol. The third-order valence-corrected chi connectivity index (χ3v) is 5.18. The van der Waals surface area contributed by atoms with Crippen LogP contribution in [0, 0.1) is 17.3 Å². The fourth-order valence-corrected chi connectivity index (χ4v) is 3.84. The van der Waals surface area contributed by atoms with Crippen LogP contribution < -0.4 is 10.6 Å². The zero-order valence-electron chi connectivity index (χ0n) is 15.5. The molecular formula is C19H27Cl2N3O2. The van der Waals surface area contributed by atoms with Crippen molar-refractivity contribution in [1.82, 2.24) is 10.2 Å². The summed E-state index contributed by atoms with van der Waals surface area (Å²) in [6.07, 6.45) is 0.418. The van der Waals surface area contributed by atoms with Crippen LogP contribution >= 0.6 is 24.0 Å². The Bertz CT molecular complexity index is 676. The van der Waals surface area contributed by atoms with Gasteiger partial charge in [-0.25, -0.2) is 0 Å². The highest BCUT2D eigenvalue weighted by Gasteiger charge is 2.38. The van der Waals surface area contributed by atoms with Crippen molar-refractivity contribution in [2.45, 2.75) is 27.2 Å². The smallest absolute Gasteiger partial charge is 0.255 e. The van der Waals surface area contributed by atoms with Crippen molar-refractivity contribution in [3.8, 4) is 0 Å². The van der Waals surface area contributed by atoms with E-state index in [-0.39, 0.29) is 29.6 Å². The summed E-state index contributed by atoms with van der Waals surface area (Å²) in [6.45, 7) is 9.55. The molecule has 1 aromatic carbocycles. The second-order valence-corrected chi connectivity index (χ2v) is 8.78.